The number of rotatable bonds is 2. The van der Waals surface area contributed by atoms with E-state index in [1.165, 1.54) is 6.07 Å². The highest BCUT2D eigenvalue weighted by atomic mass is 35.5. The average Bonchev–Trinajstić information content (AvgIpc) is 2.43. The highest BCUT2D eigenvalue weighted by molar-refractivity contribution is 6.34. The molecule has 6 heteroatoms. The zero-order chi connectivity index (χ0) is 14.7. The first-order valence-electron chi connectivity index (χ1n) is 5.47. The summed E-state index contributed by atoms with van der Waals surface area (Å²) in [5.41, 5.74) is 0.530. The van der Waals surface area contributed by atoms with Gasteiger partial charge in [-0.25, -0.2) is 8.78 Å². The molecule has 0 radical (unpaired) electrons. The molecule has 0 heterocycles. The third kappa shape index (κ3) is 2.92. The molecule has 0 spiro atoms. The maximum absolute atomic E-state index is 13.1. The van der Waals surface area contributed by atoms with Gasteiger partial charge < -0.3 is 5.32 Å². The molecule has 3 nitrogen and oxygen atoms in total. The minimum absolute atomic E-state index is 0.187. The van der Waals surface area contributed by atoms with Crippen molar-refractivity contribution in [2.75, 3.05) is 5.32 Å². The third-order valence-electron chi connectivity index (χ3n) is 2.50. The fourth-order valence-electron chi connectivity index (χ4n) is 1.56. The Labute approximate surface area is 118 Å². The Balaban J connectivity index is 2.28. The molecule has 0 atom stereocenters. The topological polar surface area (TPSA) is 52.9 Å². The number of nitrogens with zero attached hydrogens (tertiary/aromatic N) is 1. The minimum atomic E-state index is -1.16. The van der Waals surface area contributed by atoms with Crippen molar-refractivity contribution in [3.05, 3.63) is 64.2 Å². The Hall–Kier alpha value is -2.45. The van der Waals surface area contributed by atoms with Crippen LogP contribution < -0.4 is 5.32 Å². The number of benzene rings is 2. The van der Waals surface area contributed by atoms with Gasteiger partial charge in [-0.2, -0.15) is 5.26 Å². The molecular formula is C14H7ClF2N2O. The molecule has 20 heavy (non-hydrogen) atoms. The molecule has 2 rings (SSSR count). The summed E-state index contributed by atoms with van der Waals surface area (Å²) in [4.78, 5) is 11.9. The van der Waals surface area contributed by atoms with Crippen LogP contribution in [0.15, 0.2) is 36.4 Å². The highest BCUT2D eigenvalue weighted by Crippen LogP contribution is 2.21. The third-order valence-corrected chi connectivity index (χ3v) is 2.82. The van der Waals surface area contributed by atoms with Crippen LogP contribution in [-0.4, -0.2) is 5.91 Å². The van der Waals surface area contributed by atoms with Gasteiger partial charge in [0, 0.05) is 5.69 Å². The van der Waals surface area contributed by atoms with Crippen LogP contribution in [0.4, 0.5) is 14.5 Å². The van der Waals surface area contributed by atoms with E-state index in [4.69, 9.17) is 16.9 Å². The van der Waals surface area contributed by atoms with E-state index in [0.717, 1.165) is 12.1 Å². The van der Waals surface area contributed by atoms with Crippen molar-refractivity contribution in [1.29, 1.82) is 5.26 Å². The summed E-state index contributed by atoms with van der Waals surface area (Å²) in [6, 6.07) is 9.54. The normalized spacial score (nSPS) is 9.90. The smallest absolute Gasteiger partial charge is 0.257 e. The molecule has 2 aromatic carbocycles. The Morgan fingerprint density at radius 1 is 1.20 bits per heavy atom. The number of carbonyl (C=O) groups is 1. The molecule has 0 aliphatic rings. The van der Waals surface area contributed by atoms with Crippen molar-refractivity contribution in [2.45, 2.75) is 0 Å². The first kappa shape index (κ1) is 14.0. The van der Waals surface area contributed by atoms with Crippen molar-refractivity contribution in [3.63, 3.8) is 0 Å². The van der Waals surface area contributed by atoms with Crippen LogP contribution in [0, 0.1) is 23.0 Å². The molecule has 2 aromatic rings. The first-order chi connectivity index (χ1) is 9.51. The number of hydrogen-bond donors (Lipinski definition) is 1. The van der Waals surface area contributed by atoms with E-state index in [9.17, 15) is 13.6 Å². The van der Waals surface area contributed by atoms with Crippen LogP contribution in [0.2, 0.25) is 5.02 Å². The molecule has 1 amide bonds. The van der Waals surface area contributed by atoms with Crippen LogP contribution in [0.1, 0.15) is 15.9 Å². The average molecular weight is 293 g/mol. The monoisotopic (exact) mass is 292 g/mol. The number of nitriles is 1. The standard InChI is InChI=1S/C14H7ClF2N2O/c15-11-6-13(17)12(16)5-10(11)14(20)19-9-3-1-2-8(4-9)7-18/h1-6H,(H,19,20). The summed E-state index contributed by atoms with van der Waals surface area (Å²) >= 11 is 5.70. The van der Waals surface area contributed by atoms with Gasteiger partial charge in [0.05, 0.1) is 22.2 Å². The quantitative estimate of drug-likeness (QED) is 0.857. The maximum atomic E-state index is 13.1. The van der Waals surface area contributed by atoms with Gasteiger partial charge in [0.1, 0.15) is 0 Å². The van der Waals surface area contributed by atoms with Gasteiger partial charge in [-0.1, -0.05) is 17.7 Å². The number of amides is 1. The Morgan fingerprint density at radius 3 is 2.60 bits per heavy atom. The number of anilines is 1. The number of carbonyl (C=O) groups excluding carboxylic acids is 1. The number of hydrogen-bond acceptors (Lipinski definition) is 2. The first-order valence-corrected chi connectivity index (χ1v) is 5.85. The molecular weight excluding hydrogens is 286 g/mol. The molecule has 0 aromatic heterocycles. The Morgan fingerprint density at radius 2 is 1.90 bits per heavy atom. The van der Waals surface area contributed by atoms with Crippen LogP contribution in [0.25, 0.3) is 0 Å². The fourth-order valence-corrected chi connectivity index (χ4v) is 1.80. The lowest BCUT2D eigenvalue weighted by molar-refractivity contribution is 0.102. The van der Waals surface area contributed by atoms with E-state index in [2.05, 4.69) is 5.32 Å². The molecule has 0 bridgehead atoms. The molecule has 1 N–H and O–H groups in total. The van der Waals surface area contributed by atoms with Crippen LogP contribution in [-0.2, 0) is 0 Å². The van der Waals surface area contributed by atoms with Crippen molar-refractivity contribution in [1.82, 2.24) is 0 Å². The summed E-state index contributed by atoms with van der Waals surface area (Å²) in [5, 5.41) is 11.0. The highest BCUT2D eigenvalue weighted by Gasteiger charge is 2.15. The van der Waals surface area contributed by atoms with E-state index < -0.39 is 17.5 Å². The summed E-state index contributed by atoms with van der Waals surface area (Å²) < 4.78 is 26.0. The molecule has 0 saturated heterocycles. The minimum Gasteiger partial charge on any atom is -0.322 e. The van der Waals surface area contributed by atoms with Crippen molar-refractivity contribution < 1.29 is 13.6 Å². The van der Waals surface area contributed by atoms with Gasteiger partial charge in [0.25, 0.3) is 5.91 Å². The van der Waals surface area contributed by atoms with Gasteiger partial charge in [0.15, 0.2) is 11.6 Å². The molecule has 0 aliphatic carbocycles. The summed E-state index contributed by atoms with van der Waals surface area (Å²) in [5.74, 6) is -2.98. The van der Waals surface area contributed by atoms with Crippen LogP contribution >= 0.6 is 11.6 Å². The SMILES string of the molecule is N#Cc1cccc(NC(=O)c2cc(F)c(F)cc2Cl)c1. The second-order valence-electron chi connectivity index (χ2n) is 3.89. The summed E-state index contributed by atoms with van der Waals surface area (Å²) in [7, 11) is 0. The molecule has 100 valence electrons. The van der Waals surface area contributed by atoms with Crippen molar-refractivity contribution in [2.24, 2.45) is 0 Å². The molecule has 0 fully saturated rings. The van der Waals surface area contributed by atoms with Gasteiger partial charge in [0.2, 0.25) is 0 Å². The molecule has 0 unspecified atom stereocenters. The molecule has 0 aliphatic heterocycles. The fraction of sp³-hybridized carbons (Fsp3) is 0. The van der Waals surface area contributed by atoms with Gasteiger partial charge in [-0.15, -0.1) is 0 Å². The van der Waals surface area contributed by atoms with Crippen LogP contribution in [0.5, 0.6) is 0 Å². The molecule has 0 saturated carbocycles. The number of halogens is 3. The predicted octanol–water partition coefficient (Wildman–Crippen LogP) is 3.74. The predicted molar refractivity (Wildman–Crippen MR) is 70.5 cm³/mol. The Kier molecular flexibility index (Phi) is 3.97. The van der Waals surface area contributed by atoms with E-state index >= 15 is 0 Å². The lowest BCUT2D eigenvalue weighted by atomic mass is 10.1. The van der Waals surface area contributed by atoms with Gasteiger partial charge in [-0.05, 0) is 30.3 Å². The lowest BCUT2D eigenvalue weighted by Gasteiger charge is -2.07. The lowest BCUT2D eigenvalue weighted by Crippen LogP contribution is -2.13. The van der Waals surface area contributed by atoms with Crippen molar-refractivity contribution >= 4 is 23.2 Å². The summed E-state index contributed by atoms with van der Waals surface area (Å²) in [6.45, 7) is 0. The maximum Gasteiger partial charge on any atom is 0.257 e. The summed E-state index contributed by atoms with van der Waals surface area (Å²) in [6.07, 6.45) is 0. The number of nitrogens with one attached hydrogen (secondary N) is 1. The van der Waals surface area contributed by atoms with Gasteiger partial charge in [-0.3, -0.25) is 4.79 Å². The van der Waals surface area contributed by atoms with Crippen molar-refractivity contribution in [3.8, 4) is 6.07 Å². The van der Waals surface area contributed by atoms with E-state index in [1.54, 1.807) is 18.2 Å². The van der Waals surface area contributed by atoms with E-state index in [-0.39, 0.29) is 10.6 Å². The second-order valence-corrected chi connectivity index (χ2v) is 4.30. The Bertz CT molecular complexity index is 726. The second kappa shape index (κ2) is 5.68. The zero-order valence-electron chi connectivity index (χ0n) is 9.95. The van der Waals surface area contributed by atoms with Gasteiger partial charge >= 0.3 is 0 Å². The van der Waals surface area contributed by atoms with E-state index in [1.807, 2.05) is 6.07 Å². The van der Waals surface area contributed by atoms with Crippen LogP contribution in [0.3, 0.4) is 0 Å². The zero-order valence-corrected chi connectivity index (χ0v) is 10.7. The van der Waals surface area contributed by atoms with E-state index in [0.29, 0.717) is 11.3 Å². The largest absolute Gasteiger partial charge is 0.322 e.